The van der Waals surface area contributed by atoms with Crippen molar-refractivity contribution in [3.8, 4) is 5.88 Å². The number of piperidine rings is 1. The van der Waals surface area contributed by atoms with Crippen LogP contribution in [0.1, 0.15) is 25.3 Å². The van der Waals surface area contributed by atoms with E-state index in [0.29, 0.717) is 5.88 Å². The molecule has 0 amide bonds. The van der Waals surface area contributed by atoms with Crippen LogP contribution in [0.4, 0.5) is 0 Å². The third-order valence-corrected chi connectivity index (χ3v) is 3.75. The zero-order chi connectivity index (χ0) is 14.4. The Morgan fingerprint density at radius 1 is 1.45 bits per heavy atom. The molecule has 1 N–H and O–H groups in total. The van der Waals surface area contributed by atoms with Crippen LogP contribution in [0.5, 0.6) is 5.88 Å². The van der Waals surface area contributed by atoms with E-state index in [-0.39, 0.29) is 0 Å². The van der Waals surface area contributed by atoms with Crippen molar-refractivity contribution in [2.75, 3.05) is 27.2 Å². The average molecular weight is 276 g/mol. The van der Waals surface area contributed by atoms with Crippen LogP contribution in [0.3, 0.4) is 0 Å². The molecule has 0 spiro atoms. The van der Waals surface area contributed by atoms with Crippen molar-refractivity contribution in [3.05, 3.63) is 23.9 Å². The van der Waals surface area contributed by atoms with E-state index in [0.717, 1.165) is 37.1 Å². The van der Waals surface area contributed by atoms with E-state index in [1.54, 1.807) is 7.11 Å². The zero-order valence-corrected chi connectivity index (χ0v) is 12.6. The molecule has 1 aromatic rings. The van der Waals surface area contributed by atoms with Gasteiger partial charge in [0.15, 0.2) is 5.96 Å². The minimum Gasteiger partial charge on any atom is -0.481 e. The monoisotopic (exact) mass is 276 g/mol. The molecule has 0 radical (unpaired) electrons. The van der Waals surface area contributed by atoms with Gasteiger partial charge in [-0.15, -0.1) is 0 Å². The number of aromatic nitrogens is 1. The van der Waals surface area contributed by atoms with Gasteiger partial charge >= 0.3 is 0 Å². The summed E-state index contributed by atoms with van der Waals surface area (Å²) in [7, 11) is 3.46. The van der Waals surface area contributed by atoms with E-state index in [9.17, 15) is 0 Å². The molecule has 0 aliphatic carbocycles. The fourth-order valence-electron chi connectivity index (χ4n) is 2.37. The summed E-state index contributed by atoms with van der Waals surface area (Å²) >= 11 is 0. The zero-order valence-electron chi connectivity index (χ0n) is 12.6. The maximum atomic E-state index is 5.06. The number of hydrogen-bond acceptors (Lipinski definition) is 3. The molecule has 1 aromatic heterocycles. The molecule has 0 bridgehead atoms. The number of ether oxygens (including phenoxy) is 1. The van der Waals surface area contributed by atoms with Gasteiger partial charge in [0.25, 0.3) is 0 Å². The first-order valence-corrected chi connectivity index (χ1v) is 7.17. The van der Waals surface area contributed by atoms with Gasteiger partial charge in [0, 0.05) is 38.9 Å². The highest BCUT2D eigenvalue weighted by Gasteiger charge is 2.18. The Labute approximate surface area is 121 Å². The van der Waals surface area contributed by atoms with Gasteiger partial charge < -0.3 is 15.0 Å². The number of guanidine groups is 1. The maximum Gasteiger partial charge on any atom is 0.212 e. The van der Waals surface area contributed by atoms with Crippen LogP contribution in [0.15, 0.2) is 23.3 Å². The number of hydrogen-bond donors (Lipinski definition) is 1. The first-order valence-electron chi connectivity index (χ1n) is 7.17. The third-order valence-electron chi connectivity index (χ3n) is 3.75. The molecule has 5 heteroatoms. The van der Waals surface area contributed by atoms with Crippen LogP contribution in [0, 0.1) is 5.92 Å². The van der Waals surface area contributed by atoms with E-state index in [4.69, 9.17) is 4.74 Å². The summed E-state index contributed by atoms with van der Waals surface area (Å²) in [5.74, 6) is 2.45. The first kappa shape index (κ1) is 14.6. The van der Waals surface area contributed by atoms with Crippen LogP contribution in [-0.4, -0.2) is 43.1 Å². The van der Waals surface area contributed by atoms with Crippen LogP contribution >= 0.6 is 0 Å². The predicted octanol–water partition coefficient (Wildman–Crippen LogP) is 1.90. The summed E-state index contributed by atoms with van der Waals surface area (Å²) in [4.78, 5) is 10.9. The number of methoxy groups -OCH3 is 1. The number of pyridine rings is 1. The lowest BCUT2D eigenvalue weighted by atomic mass is 10.00. The largest absolute Gasteiger partial charge is 0.481 e. The van der Waals surface area contributed by atoms with Crippen LogP contribution in [0.25, 0.3) is 0 Å². The van der Waals surface area contributed by atoms with E-state index in [1.165, 1.54) is 12.8 Å². The molecule has 1 saturated heterocycles. The highest BCUT2D eigenvalue weighted by molar-refractivity contribution is 5.79. The molecule has 0 saturated carbocycles. The lowest BCUT2D eigenvalue weighted by molar-refractivity contribution is 0.273. The molecule has 0 unspecified atom stereocenters. The van der Waals surface area contributed by atoms with Gasteiger partial charge in [0.2, 0.25) is 5.88 Å². The Balaban J connectivity index is 1.87. The third kappa shape index (κ3) is 3.85. The molecular formula is C15H24N4O. The summed E-state index contributed by atoms with van der Waals surface area (Å²) < 4.78 is 5.06. The molecule has 0 atom stereocenters. The van der Waals surface area contributed by atoms with E-state index in [2.05, 4.69) is 27.1 Å². The van der Waals surface area contributed by atoms with Crippen LogP contribution in [0.2, 0.25) is 0 Å². The Bertz CT molecular complexity index is 436. The van der Waals surface area contributed by atoms with Crippen molar-refractivity contribution >= 4 is 5.96 Å². The average Bonchev–Trinajstić information content (AvgIpc) is 2.50. The topological polar surface area (TPSA) is 49.8 Å². The second-order valence-corrected chi connectivity index (χ2v) is 5.28. The van der Waals surface area contributed by atoms with Crippen LogP contribution < -0.4 is 10.1 Å². The quantitative estimate of drug-likeness (QED) is 0.676. The van der Waals surface area contributed by atoms with Crippen molar-refractivity contribution in [1.82, 2.24) is 15.2 Å². The highest BCUT2D eigenvalue weighted by Crippen LogP contribution is 2.16. The van der Waals surface area contributed by atoms with Gasteiger partial charge in [-0.2, -0.15) is 0 Å². The molecule has 1 aliphatic heterocycles. The minimum atomic E-state index is 0.642. The smallest absolute Gasteiger partial charge is 0.212 e. The normalized spacial score (nSPS) is 17.1. The van der Waals surface area contributed by atoms with Crippen molar-refractivity contribution in [1.29, 1.82) is 0 Å². The highest BCUT2D eigenvalue weighted by atomic mass is 16.5. The minimum absolute atomic E-state index is 0.642. The van der Waals surface area contributed by atoms with Gasteiger partial charge in [0.05, 0.1) is 7.11 Å². The number of likely N-dealkylation sites (tertiary alicyclic amines) is 1. The Morgan fingerprint density at radius 2 is 2.20 bits per heavy atom. The van der Waals surface area contributed by atoms with E-state index in [1.807, 2.05) is 25.4 Å². The van der Waals surface area contributed by atoms with Gasteiger partial charge in [-0.05, 0) is 24.3 Å². The number of aliphatic imine (C=N–C) groups is 1. The molecule has 1 fully saturated rings. The Morgan fingerprint density at radius 3 is 2.75 bits per heavy atom. The van der Waals surface area contributed by atoms with E-state index < -0.39 is 0 Å². The molecule has 20 heavy (non-hydrogen) atoms. The maximum absolute atomic E-state index is 5.06. The van der Waals surface area contributed by atoms with Crippen molar-refractivity contribution < 1.29 is 4.74 Å². The Kier molecular flexibility index (Phi) is 5.21. The van der Waals surface area contributed by atoms with Crippen LogP contribution in [-0.2, 0) is 6.54 Å². The first-order chi connectivity index (χ1) is 9.72. The van der Waals surface area contributed by atoms with Crippen molar-refractivity contribution in [2.45, 2.75) is 26.3 Å². The fourth-order valence-corrected chi connectivity index (χ4v) is 2.37. The molecule has 2 heterocycles. The summed E-state index contributed by atoms with van der Waals surface area (Å²) in [6, 6.07) is 3.90. The molecule has 2 rings (SSSR count). The fraction of sp³-hybridized carbons (Fsp3) is 0.600. The lowest BCUT2D eigenvalue weighted by Gasteiger charge is -2.32. The molecular weight excluding hydrogens is 252 g/mol. The molecule has 5 nitrogen and oxygen atoms in total. The second kappa shape index (κ2) is 7.12. The second-order valence-electron chi connectivity index (χ2n) is 5.28. The summed E-state index contributed by atoms with van der Waals surface area (Å²) in [5, 5.41) is 3.40. The summed E-state index contributed by atoms with van der Waals surface area (Å²) in [5.41, 5.74) is 1.12. The lowest BCUT2D eigenvalue weighted by Crippen LogP contribution is -2.45. The summed E-state index contributed by atoms with van der Waals surface area (Å²) in [6.07, 6.45) is 4.31. The number of nitrogens with zero attached hydrogens (tertiary/aromatic N) is 3. The summed E-state index contributed by atoms with van der Waals surface area (Å²) in [6.45, 7) is 5.22. The van der Waals surface area contributed by atoms with Gasteiger partial charge in [-0.25, -0.2) is 4.98 Å². The predicted molar refractivity (Wildman–Crippen MR) is 81.0 cm³/mol. The Hall–Kier alpha value is -1.78. The van der Waals surface area contributed by atoms with Crippen molar-refractivity contribution in [3.63, 3.8) is 0 Å². The molecule has 0 aromatic carbocycles. The molecule has 1 aliphatic rings. The number of rotatable bonds is 3. The standard InChI is InChI=1S/C15H24N4O/c1-12-6-8-19(9-7-12)15(16-2)18-11-13-4-5-14(20-3)17-10-13/h4-5,10,12H,6-9,11H2,1-3H3,(H,16,18). The van der Waals surface area contributed by atoms with Gasteiger partial charge in [0.1, 0.15) is 0 Å². The van der Waals surface area contributed by atoms with Gasteiger partial charge in [-0.3, -0.25) is 4.99 Å². The van der Waals surface area contributed by atoms with E-state index >= 15 is 0 Å². The molecule has 110 valence electrons. The van der Waals surface area contributed by atoms with Gasteiger partial charge in [-0.1, -0.05) is 13.0 Å². The SMILES string of the molecule is CN=C(NCc1ccc(OC)nc1)N1CCC(C)CC1. The number of nitrogens with one attached hydrogen (secondary N) is 1. The van der Waals surface area contributed by atoms with Crippen molar-refractivity contribution in [2.24, 2.45) is 10.9 Å².